The van der Waals surface area contributed by atoms with Gasteiger partial charge in [0.2, 0.25) is 0 Å². The van der Waals surface area contributed by atoms with E-state index in [-0.39, 0.29) is 17.5 Å². The molecule has 0 N–H and O–H groups in total. The highest BCUT2D eigenvalue weighted by molar-refractivity contribution is 7.91. The number of hydrogen-bond acceptors (Lipinski definition) is 4. The maximum absolute atomic E-state index is 11.7. The summed E-state index contributed by atoms with van der Waals surface area (Å²) in [6.45, 7) is 1.87. The van der Waals surface area contributed by atoms with Crippen LogP contribution in [0.2, 0.25) is 5.15 Å². The number of sulfone groups is 1. The number of aromatic nitrogens is 3. The Labute approximate surface area is 157 Å². The Morgan fingerprint density at radius 3 is 2.77 bits per heavy atom. The fraction of sp³-hybridized carbons (Fsp3) is 0.263. The molecule has 7 heteroatoms. The zero-order valence-electron chi connectivity index (χ0n) is 14.3. The number of fused-ring (bicyclic) bond motifs is 1. The number of nitrogens with zero attached hydrogens (tertiary/aromatic N) is 3. The Bertz CT molecular complexity index is 1120. The minimum Gasteiger partial charge on any atom is -0.249 e. The lowest BCUT2D eigenvalue weighted by atomic mass is 10.2. The van der Waals surface area contributed by atoms with Gasteiger partial charge in [-0.05, 0) is 37.6 Å². The first-order valence-electron chi connectivity index (χ1n) is 8.42. The fourth-order valence-corrected chi connectivity index (χ4v) is 5.34. The molecule has 1 aliphatic rings. The predicted molar refractivity (Wildman–Crippen MR) is 105 cm³/mol. The Morgan fingerprint density at radius 2 is 2.00 bits per heavy atom. The molecule has 0 radical (unpaired) electrons. The Balaban J connectivity index is 1.64. The third-order valence-electron chi connectivity index (χ3n) is 4.67. The van der Waals surface area contributed by atoms with Crippen LogP contribution in [0.15, 0.2) is 36.4 Å². The number of benzene rings is 1. The first-order valence-corrected chi connectivity index (χ1v) is 10.6. The summed E-state index contributed by atoms with van der Waals surface area (Å²) in [4.78, 5) is 4.62. The van der Waals surface area contributed by atoms with Crippen LogP contribution in [0.5, 0.6) is 0 Å². The molecule has 4 rings (SSSR count). The topological polar surface area (TPSA) is 64.8 Å². The van der Waals surface area contributed by atoms with Gasteiger partial charge in [0, 0.05) is 10.9 Å². The summed E-state index contributed by atoms with van der Waals surface area (Å²) in [7, 11) is -2.99. The van der Waals surface area contributed by atoms with Gasteiger partial charge in [0.25, 0.3) is 0 Å². The number of halogens is 1. The van der Waals surface area contributed by atoms with Crippen LogP contribution in [0.4, 0.5) is 0 Å². The molecule has 134 valence electrons. The van der Waals surface area contributed by atoms with E-state index in [1.54, 1.807) is 4.68 Å². The van der Waals surface area contributed by atoms with Crippen LogP contribution in [-0.4, -0.2) is 34.7 Å². The molecule has 0 amide bonds. The second-order valence-electron chi connectivity index (χ2n) is 6.55. The molecule has 5 nitrogen and oxygen atoms in total. The largest absolute Gasteiger partial charge is 0.249 e. The van der Waals surface area contributed by atoms with E-state index in [9.17, 15) is 8.42 Å². The van der Waals surface area contributed by atoms with E-state index in [1.807, 2.05) is 55.5 Å². The molecule has 3 aromatic rings. The van der Waals surface area contributed by atoms with E-state index in [4.69, 9.17) is 11.6 Å². The summed E-state index contributed by atoms with van der Waals surface area (Å²) in [5.74, 6) is 0.294. The summed E-state index contributed by atoms with van der Waals surface area (Å²) in [6.07, 6.45) is 4.35. The molecule has 1 saturated heterocycles. The van der Waals surface area contributed by atoms with Gasteiger partial charge in [0.1, 0.15) is 5.15 Å². The molecular formula is C19H18ClN3O2S. The summed E-state index contributed by atoms with van der Waals surface area (Å²) >= 11 is 6.50. The number of hydrogen-bond donors (Lipinski definition) is 0. The van der Waals surface area contributed by atoms with Gasteiger partial charge in [0.15, 0.2) is 9.84 Å². The quantitative estimate of drug-likeness (QED) is 0.683. The van der Waals surface area contributed by atoms with Crippen LogP contribution < -0.4 is 0 Å². The summed E-state index contributed by atoms with van der Waals surface area (Å²) < 4.78 is 25.1. The molecule has 1 unspecified atom stereocenters. The molecule has 1 fully saturated rings. The van der Waals surface area contributed by atoms with Gasteiger partial charge in [-0.1, -0.05) is 35.9 Å². The summed E-state index contributed by atoms with van der Waals surface area (Å²) in [6, 6.07) is 11.7. The van der Waals surface area contributed by atoms with E-state index in [1.165, 1.54) is 0 Å². The average Bonchev–Trinajstić information content (AvgIpc) is 3.12. The average molecular weight is 388 g/mol. The van der Waals surface area contributed by atoms with E-state index < -0.39 is 9.84 Å². The number of aryl methyl sites for hydroxylation is 1. The molecule has 2 aromatic heterocycles. The van der Waals surface area contributed by atoms with E-state index in [2.05, 4.69) is 10.1 Å². The van der Waals surface area contributed by atoms with Crippen molar-refractivity contribution in [3.8, 4) is 0 Å². The fourth-order valence-electron chi connectivity index (χ4n) is 3.27. The second kappa shape index (κ2) is 6.52. The highest BCUT2D eigenvalue weighted by atomic mass is 35.5. The maximum Gasteiger partial charge on any atom is 0.152 e. The van der Waals surface area contributed by atoms with Crippen molar-refractivity contribution in [2.75, 3.05) is 11.5 Å². The van der Waals surface area contributed by atoms with E-state index in [0.29, 0.717) is 11.6 Å². The minimum atomic E-state index is -2.99. The molecule has 3 heterocycles. The zero-order chi connectivity index (χ0) is 18.3. The Morgan fingerprint density at radius 1 is 1.19 bits per heavy atom. The predicted octanol–water partition coefficient (Wildman–Crippen LogP) is 3.92. The lowest BCUT2D eigenvalue weighted by Crippen LogP contribution is -2.12. The first kappa shape index (κ1) is 17.2. The molecule has 1 aromatic carbocycles. The Hall–Kier alpha value is -2.18. The van der Waals surface area contributed by atoms with Gasteiger partial charge >= 0.3 is 0 Å². The molecule has 0 bridgehead atoms. The highest BCUT2D eigenvalue weighted by Gasteiger charge is 2.31. The minimum absolute atomic E-state index is 0.100. The van der Waals surface area contributed by atoms with Crippen molar-refractivity contribution >= 4 is 44.5 Å². The van der Waals surface area contributed by atoms with Crippen molar-refractivity contribution in [1.29, 1.82) is 0 Å². The number of rotatable bonds is 3. The van der Waals surface area contributed by atoms with Crippen LogP contribution in [0.3, 0.4) is 0 Å². The van der Waals surface area contributed by atoms with Crippen LogP contribution in [-0.2, 0) is 9.84 Å². The SMILES string of the molecule is Cc1nn(C2CCS(=O)(=O)C2)c(Cl)c1C=Cc1ccc2ccccc2n1. The van der Waals surface area contributed by atoms with Gasteiger partial charge in [-0.3, -0.25) is 0 Å². The maximum atomic E-state index is 11.7. The lowest BCUT2D eigenvalue weighted by molar-refractivity contribution is 0.497. The third kappa shape index (κ3) is 3.27. The summed E-state index contributed by atoms with van der Waals surface area (Å²) in [5.41, 5.74) is 3.34. The molecule has 1 atom stereocenters. The van der Waals surface area contributed by atoms with Crippen molar-refractivity contribution in [3.63, 3.8) is 0 Å². The van der Waals surface area contributed by atoms with E-state index >= 15 is 0 Å². The van der Waals surface area contributed by atoms with Gasteiger partial charge < -0.3 is 0 Å². The van der Waals surface area contributed by atoms with Gasteiger partial charge in [-0.2, -0.15) is 5.10 Å². The van der Waals surface area contributed by atoms with Crippen molar-refractivity contribution in [2.45, 2.75) is 19.4 Å². The van der Waals surface area contributed by atoms with Gasteiger partial charge in [-0.25, -0.2) is 18.1 Å². The monoisotopic (exact) mass is 387 g/mol. The lowest BCUT2D eigenvalue weighted by Gasteiger charge is -2.09. The third-order valence-corrected chi connectivity index (χ3v) is 6.79. The van der Waals surface area contributed by atoms with Crippen molar-refractivity contribution in [1.82, 2.24) is 14.8 Å². The van der Waals surface area contributed by atoms with Crippen molar-refractivity contribution < 1.29 is 8.42 Å². The van der Waals surface area contributed by atoms with Crippen LogP contribution in [0, 0.1) is 6.92 Å². The van der Waals surface area contributed by atoms with E-state index in [0.717, 1.165) is 27.9 Å². The molecular weight excluding hydrogens is 370 g/mol. The molecule has 0 spiro atoms. The smallest absolute Gasteiger partial charge is 0.152 e. The standard InChI is InChI=1S/C19H18ClN3O2S/c1-13-17(19(20)23(22-13)16-10-11-26(24,25)12-16)9-8-15-7-6-14-4-2-3-5-18(14)21-15/h2-9,16H,10-12H2,1H3. The summed E-state index contributed by atoms with van der Waals surface area (Å²) in [5, 5.41) is 6.03. The highest BCUT2D eigenvalue weighted by Crippen LogP contribution is 2.30. The number of para-hydroxylation sites is 1. The van der Waals surface area contributed by atoms with Gasteiger partial charge in [-0.15, -0.1) is 0 Å². The normalized spacial score (nSPS) is 19.5. The number of pyridine rings is 1. The van der Waals surface area contributed by atoms with Crippen molar-refractivity contribution in [3.05, 3.63) is 58.5 Å². The Kier molecular flexibility index (Phi) is 4.32. The molecule has 0 aliphatic carbocycles. The van der Waals surface area contributed by atoms with Crippen LogP contribution >= 0.6 is 11.6 Å². The second-order valence-corrected chi connectivity index (χ2v) is 9.14. The zero-order valence-corrected chi connectivity index (χ0v) is 15.8. The molecule has 0 saturated carbocycles. The molecule has 1 aliphatic heterocycles. The molecule has 26 heavy (non-hydrogen) atoms. The van der Waals surface area contributed by atoms with Crippen LogP contribution in [0.25, 0.3) is 23.1 Å². The van der Waals surface area contributed by atoms with Crippen molar-refractivity contribution in [2.24, 2.45) is 0 Å². The first-order chi connectivity index (χ1) is 12.4. The van der Waals surface area contributed by atoms with Crippen LogP contribution in [0.1, 0.15) is 29.4 Å². The van der Waals surface area contributed by atoms with Gasteiger partial charge in [0.05, 0.1) is 34.5 Å².